The minimum atomic E-state index is -0.724. The van der Waals surface area contributed by atoms with Crippen LogP contribution in [0.2, 0.25) is 0 Å². The summed E-state index contributed by atoms with van der Waals surface area (Å²) in [5.41, 5.74) is 14.0. The first-order valence-electron chi connectivity index (χ1n) is 20.2. The summed E-state index contributed by atoms with van der Waals surface area (Å²) in [6, 6.07) is 22.6. The molecule has 0 saturated carbocycles. The fraction of sp³-hybridized carbons (Fsp3) is 0.356. The Morgan fingerprint density at radius 1 is 0.931 bits per heavy atom. The molecule has 13 nitrogen and oxygen atoms in total. The van der Waals surface area contributed by atoms with Gasteiger partial charge < -0.3 is 35.0 Å². The fourth-order valence-corrected chi connectivity index (χ4v) is 9.14. The lowest BCUT2D eigenvalue weighted by atomic mass is 9.92. The van der Waals surface area contributed by atoms with Crippen molar-refractivity contribution in [2.75, 3.05) is 13.7 Å². The van der Waals surface area contributed by atoms with Crippen LogP contribution >= 0.6 is 0 Å². The maximum absolute atomic E-state index is 13.9. The third-order valence-electron chi connectivity index (χ3n) is 12.3. The van der Waals surface area contributed by atoms with Crippen LogP contribution in [0.1, 0.15) is 87.4 Å². The van der Waals surface area contributed by atoms with Gasteiger partial charge in [0.2, 0.25) is 5.91 Å². The van der Waals surface area contributed by atoms with Crippen LogP contribution in [0.15, 0.2) is 79.0 Å². The highest BCUT2D eigenvalue weighted by molar-refractivity contribution is 6.07. The van der Waals surface area contributed by atoms with Gasteiger partial charge in [0.05, 0.1) is 42.1 Å². The molecule has 5 heterocycles. The number of methoxy groups -OCH3 is 1. The molecule has 2 fully saturated rings. The first kappa shape index (κ1) is 37.5. The van der Waals surface area contributed by atoms with Crippen LogP contribution in [-0.2, 0) is 20.9 Å². The van der Waals surface area contributed by atoms with E-state index in [1.165, 1.54) is 12.4 Å². The quantitative estimate of drug-likeness (QED) is 0.137. The summed E-state index contributed by atoms with van der Waals surface area (Å²) >= 11 is 0. The number of hydrogen-bond acceptors (Lipinski definition) is 8. The SMILES string of the molecule is COC(=O)[NH2+][C@H](C(=O)N1[C@@H](C)CC[C@H]1c1ncc(-c2ccc3c(c2)COc2cc4c(ccc5[nH]c([C@@H]6CCCN6C(=O)[C@H](N)c6ccccc6)nc54)cc2-3)[nH]1)C(C)C. The van der Waals surface area contributed by atoms with Gasteiger partial charge in [0, 0.05) is 29.5 Å². The molecule has 0 bridgehead atoms. The summed E-state index contributed by atoms with van der Waals surface area (Å²) in [6.07, 6.45) is 4.65. The molecule has 2 saturated heterocycles. The van der Waals surface area contributed by atoms with E-state index in [9.17, 15) is 14.4 Å². The van der Waals surface area contributed by atoms with Crippen LogP contribution in [0.4, 0.5) is 4.79 Å². The Bertz CT molecular complexity index is 2550. The molecule has 4 aromatic carbocycles. The molecule has 3 aliphatic rings. The Morgan fingerprint density at radius 3 is 2.55 bits per heavy atom. The molecule has 2 aromatic heterocycles. The number of likely N-dealkylation sites (tertiary alicyclic amines) is 2. The first-order valence-corrected chi connectivity index (χ1v) is 20.2. The molecule has 58 heavy (non-hydrogen) atoms. The monoisotopic (exact) mass is 781 g/mol. The van der Waals surface area contributed by atoms with Gasteiger partial charge in [-0.05, 0) is 84.5 Å². The number of amides is 3. The summed E-state index contributed by atoms with van der Waals surface area (Å²) in [4.78, 5) is 60.3. The zero-order valence-electron chi connectivity index (χ0n) is 33.2. The van der Waals surface area contributed by atoms with Crippen LogP contribution in [0, 0.1) is 5.92 Å². The van der Waals surface area contributed by atoms with Crippen LogP contribution in [0.5, 0.6) is 5.75 Å². The Hall–Kier alpha value is -6.05. The number of benzene rings is 4. The number of rotatable bonds is 8. The molecule has 9 rings (SSSR count). The number of carbonyl (C=O) groups is 3. The summed E-state index contributed by atoms with van der Waals surface area (Å²) in [5, 5.41) is 3.42. The van der Waals surface area contributed by atoms with Crippen molar-refractivity contribution in [1.29, 1.82) is 0 Å². The molecule has 0 aliphatic carbocycles. The summed E-state index contributed by atoms with van der Waals surface area (Å²) in [6.45, 7) is 6.98. The van der Waals surface area contributed by atoms with Crippen molar-refractivity contribution >= 4 is 39.7 Å². The normalized spacial score (nSPS) is 19.9. The van der Waals surface area contributed by atoms with Crippen molar-refractivity contribution in [2.45, 2.75) is 83.3 Å². The van der Waals surface area contributed by atoms with Crippen LogP contribution < -0.4 is 15.8 Å². The van der Waals surface area contributed by atoms with Gasteiger partial charge in [0.15, 0.2) is 6.04 Å². The van der Waals surface area contributed by atoms with E-state index in [0.717, 1.165) is 98.4 Å². The van der Waals surface area contributed by atoms with Gasteiger partial charge in [-0.3, -0.25) is 9.59 Å². The number of aromatic nitrogens is 4. The minimum Gasteiger partial charge on any atom is -0.488 e. The number of hydrogen-bond donors (Lipinski definition) is 4. The van der Waals surface area contributed by atoms with Gasteiger partial charge in [0.25, 0.3) is 5.91 Å². The molecule has 0 unspecified atom stereocenters. The average Bonchev–Trinajstić information content (AvgIpc) is 4.07. The molecule has 6 aromatic rings. The largest absolute Gasteiger partial charge is 0.513 e. The van der Waals surface area contributed by atoms with Crippen molar-refractivity contribution < 1.29 is 29.2 Å². The van der Waals surface area contributed by atoms with Crippen LogP contribution in [0.25, 0.3) is 44.2 Å². The Kier molecular flexibility index (Phi) is 9.73. The molecule has 6 N–H and O–H groups in total. The lowest BCUT2D eigenvalue weighted by Crippen LogP contribution is -2.96. The Balaban J connectivity index is 0.963. The minimum absolute atomic E-state index is 0.0134. The van der Waals surface area contributed by atoms with E-state index in [2.05, 4.69) is 52.4 Å². The highest BCUT2D eigenvalue weighted by Crippen LogP contribution is 2.44. The summed E-state index contributed by atoms with van der Waals surface area (Å²) < 4.78 is 11.3. The smallest absolute Gasteiger partial charge is 0.488 e. The van der Waals surface area contributed by atoms with Crippen molar-refractivity contribution in [1.82, 2.24) is 29.7 Å². The van der Waals surface area contributed by atoms with Gasteiger partial charge in [-0.2, -0.15) is 4.79 Å². The average molecular weight is 782 g/mol. The molecule has 3 amide bonds. The fourth-order valence-electron chi connectivity index (χ4n) is 9.14. The lowest BCUT2D eigenvalue weighted by Gasteiger charge is -2.30. The van der Waals surface area contributed by atoms with Crippen molar-refractivity contribution in [3.05, 3.63) is 102 Å². The predicted octanol–water partition coefficient (Wildman–Crippen LogP) is 6.44. The predicted molar refractivity (Wildman–Crippen MR) is 219 cm³/mol. The Morgan fingerprint density at radius 2 is 1.76 bits per heavy atom. The number of nitrogens with zero attached hydrogens (tertiary/aromatic N) is 4. The van der Waals surface area contributed by atoms with Gasteiger partial charge in [0.1, 0.15) is 30.0 Å². The second kappa shape index (κ2) is 15.0. The maximum Gasteiger partial charge on any atom is 0.513 e. The zero-order valence-corrected chi connectivity index (χ0v) is 33.2. The molecule has 5 atom stereocenters. The number of fused-ring (bicyclic) bond motifs is 6. The van der Waals surface area contributed by atoms with Gasteiger partial charge >= 0.3 is 6.09 Å². The number of H-pyrrole nitrogens is 2. The van der Waals surface area contributed by atoms with E-state index in [-0.39, 0.29) is 35.9 Å². The topological polar surface area (TPSA) is 176 Å². The van der Waals surface area contributed by atoms with Gasteiger partial charge in [-0.25, -0.2) is 15.3 Å². The first-order chi connectivity index (χ1) is 28.1. The maximum atomic E-state index is 13.9. The molecule has 0 spiro atoms. The van der Waals surface area contributed by atoms with Crippen molar-refractivity contribution in [3.63, 3.8) is 0 Å². The number of nitrogens with one attached hydrogen (secondary N) is 2. The number of quaternary nitrogens is 1. The number of primary amides is 1. The van der Waals surface area contributed by atoms with E-state index in [0.29, 0.717) is 13.2 Å². The molecule has 13 heteroatoms. The van der Waals surface area contributed by atoms with E-state index in [1.807, 2.05) is 67.1 Å². The van der Waals surface area contributed by atoms with Crippen LogP contribution in [0.3, 0.4) is 0 Å². The van der Waals surface area contributed by atoms with Crippen LogP contribution in [-0.4, -0.2) is 73.4 Å². The lowest BCUT2D eigenvalue weighted by molar-refractivity contribution is -0.601. The van der Waals surface area contributed by atoms with E-state index < -0.39 is 18.2 Å². The number of nitrogens with two attached hydrogens (primary N) is 2. The third kappa shape index (κ3) is 6.57. The molecule has 298 valence electrons. The van der Waals surface area contributed by atoms with E-state index >= 15 is 0 Å². The van der Waals surface area contributed by atoms with Crippen molar-refractivity contribution in [2.24, 2.45) is 11.7 Å². The number of ether oxygens (including phenoxy) is 2. The number of aromatic amines is 2. The van der Waals surface area contributed by atoms with E-state index in [1.54, 1.807) is 0 Å². The highest BCUT2D eigenvalue weighted by atomic mass is 16.5. The summed E-state index contributed by atoms with van der Waals surface area (Å²) in [5.74, 6) is 2.05. The highest BCUT2D eigenvalue weighted by Gasteiger charge is 2.43. The van der Waals surface area contributed by atoms with E-state index in [4.69, 9.17) is 25.2 Å². The molecular formula is C45H49N8O5+. The molecular weight excluding hydrogens is 733 g/mol. The Labute approximate surface area is 336 Å². The second-order valence-electron chi connectivity index (χ2n) is 16.2. The standard InChI is InChI=1S/C45H48N8O5/c1-24(2)39(51-45(56)57-4)44(55)53-25(3)12-17-36(53)41-47-22-34(49-41)28-13-15-30-29(19-28)23-58-37-21-31-27(20-32(30)37)14-16-33-40(31)50-42(48-33)35-11-8-18-52(35)43(54)38(46)26-9-6-5-7-10-26/h5-7,9-10,13-16,19-22,24-25,35-36,38-39H,8,11-12,17-18,23,46H2,1-4H3,(H,47,49)(H,48,50)(H,51,56)/p+1/t25-,35-,36-,38+,39-/m0/s1. The second-order valence-corrected chi connectivity index (χ2v) is 16.2. The molecule has 0 radical (unpaired) electrons. The zero-order chi connectivity index (χ0) is 40.2. The number of carbonyl (C=O) groups excluding carboxylic acids is 3. The third-order valence-corrected chi connectivity index (χ3v) is 12.3. The summed E-state index contributed by atoms with van der Waals surface area (Å²) in [7, 11) is 1.33. The molecule has 3 aliphatic heterocycles. The van der Waals surface area contributed by atoms with Crippen molar-refractivity contribution in [3.8, 4) is 28.1 Å². The number of imidazole rings is 2. The van der Waals surface area contributed by atoms with Gasteiger partial charge in [-0.1, -0.05) is 62.4 Å². The van der Waals surface area contributed by atoms with Gasteiger partial charge in [-0.15, -0.1) is 0 Å².